The number of nitrogens with zero attached hydrogens (tertiary/aromatic N) is 1. The Labute approximate surface area is 233 Å². The largest absolute Gasteiger partial charge is 0.480 e. The minimum Gasteiger partial charge on any atom is -0.480 e. The Hall–Kier alpha value is -4.30. The van der Waals surface area contributed by atoms with E-state index < -0.39 is 47.2 Å². The molecule has 206 valence electrons. The van der Waals surface area contributed by atoms with Gasteiger partial charge in [0, 0.05) is 19.4 Å². The number of amides is 2. The molecule has 2 saturated heterocycles. The van der Waals surface area contributed by atoms with Gasteiger partial charge in [-0.25, -0.2) is 4.90 Å². The molecule has 8 heteroatoms. The van der Waals surface area contributed by atoms with Crippen LogP contribution < -0.4 is 15.0 Å². The fourth-order valence-corrected chi connectivity index (χ4v) is 6.27. The van der Waals surface area contributed by atoms with Crippen molar-refractivity contribution < 1.29 is 29.0 Å². The normalized spacial score (nSPS) is 23.8. The Morgan fingerprint density at radius 2 is 1.52 bits per heavy atom. The first-order valence-electron chi connectivity index (χ1n) is 13.5. The minimum atomic E-state index is -1.72. The van der Waals surface area contributed by atoms with Gasteiger partial charge in [-0.3, -0.25) is 24.5 Å². The van der Waals surface area contributed by atoms with Crippen LogP contribution in [0.25, 0.3) is 0 Å². The molecule has 4 atom stereocenters. The third-order valence-corrected chi connectivity index (χ3v) is 8.05. The molecular weight excluding hydrogens is 508 g/mol. The number of carboxylic acids is 1. The molecule has 0 aromatic heterocycles. The van der Waals surface area contributed by atoms with Gasteiger partial charge in [0.1, 0.15) is 11.3 Å². The average molecular weight is 541 g/mol. The van der Waals surface area contributed by atoms with Gasteiger partial charge in [-0.1, -0.05) is 74.5 Å². The standard InChI is InChI=1S/C32H32N2O6/c1-4-21-12-9-13-22(5-2)28(21)34-29(36)25-26(30(34)37)32(31(38)39,18-20-10-7-6-8-11-20)33-27(25)23-14-16-24(17-15-23)40-19(3)35/h6-17,25-27,33H,4-5,18H2,1-3H3,(H,38,39). The van der Waals surface area contributed by atoms with E-state index in [9.17, 15) is 24.3 Å². The smallest absolute Gasteiger partial charge is 0.325 e. The molecule has 4 unspecified atom stereocenters. The van der Waals surface area contributed by atoms with Crippen molar-refractivity contribution in [1.82, 2.24) is 5.32 Å². The minimum absolute atomic E-state index is 0.0231. The molecule has 3 aromatic rings. The molecule has 0 radical (unpaired) electrons. The highest BCUT2D eigenvalue weighted by atomic mass is 16.5. The van der Waals surface area contributed by atoms with Gasteiger partial charge in [-0.15, -0.1) is 0 Å². The van der Waals surface area contributed by atoms with E-state index in [2.05, 4.69) is 5.32 Å². The summed E-state index contributed by atoms with van der Waals surface area (Å²) in [6.07, 6.45) is 1.25. The topological polar surface area (TPSA) is 113 Å². The predicted octanol–water partition coefficient (Wildman–Crippen LogP) is 4.25. The summed E-state index contributed by atoms with van der Waals surface area (Å²) in [4.78, 5) is 54.5. The second-order valence-corrected chi connectivity index (χ2v) is 10.4. The van der Waals surface area contributed by atoms with Crippen molar-refractivity contribution in [3.8, 4) is 5.75 Å². The lowest BCUT2D eigenvalue weighted by Crippen LogP contribution is -2.57. The zero-order valence-corrected chi connectivity index (χ0v) is 22.7. The summed E-state index contributed by atoms with van der Waals surface area (Å²) in [5.41, 5.74) is 1.94. The molecule has 40 heavy (non-hydrogen) atoms. The Morgan fingerprint density at radius 3 is 2.08 bits per heavy atom. The number of imide groups is 1. The van der Waals surface area contributed by atoms with Crippen LogP contribution in [0.2, 0.25) is 0 Å². The number of hydrogen-bond acceptors (Lipinski definition) is 6. The van der Waals surface area contributed by atoms with Crippen molar-refractivity contribution in [3.05, 3.63) is 95.1 Å². The quantitative estimate of drug-likeness (QED) is 0.249. The van der Waals surface area contributed by atoms with Gasteiger partial charge < -0.3 is 9.84 Å². The molecule has 2 aliphatic heterocycles. The summed E-state index contributed by atoms with van der Waals surface area (Å²) in [7, 11) is 0. The van der Waals surface area contributed by atoms with Crippen LogP contribution >= 0.6 is 0 Å². The number of carbonyl (C=O) groups excluding carboxylic acids is 3. The number of rotatable bonds is 8. The Balaban J connectivity index is 1.66. The average Bonchev–Trinajstić information content (AvgIpc) is 3.42. The number of anilines is 1. The van der Waals surface area contributed by atoms with Crippen molar-refractivity contribution >= 4 is 29.4 Å². The number of carboxylic acid groups (broad SMARTS) is 1. The second-order valence-electron chi connectivity index (χ2n) is 10.4. The highest BCUT2D eigenvalue weighted by Gasteiger charge is 2.68. The van der Waals surface area contributed by atoms with E-state index in [0.717, 1.165) is 16.7 Å². The summed E-state index contributed by atoms with van der Waals surface area (Å²) < 4.78 is 5.16. The van der Waals surface area contributed by atoms with E-state index >= 15 is 0 Å². The monoisotopic (exact) mass is 540 g/mol. The summed E-state index contributed by atoms with van der Waals surface area (Å²) in [5.74, 6) is -4.31. The molecule has 2 fully saturated rings. The van der Waals surface area contributed by atoms with E-state index in [-0.39, 0.29) is 6.42 Å². The summed E-state index contributed by atoms with van der Waals surface area (Å²) in [5, 5.41) is 14.0. The van der Waals surface area contributed by atoms with E-state index in [1.165, 1.54) is 11.8 Å². The van der Waals surface area contributed by atoms with Crippen molar-refractivity contribution in [2.24, 2.45) is 11.8 Å². The summed E-state index contributed by atoms with van der Waals surface area (Å²) >= 11 is 0. The lowest BCUT2D eigenvalue weighted by atomic mass is 9.76. The van der Waals surface area contributed by atoms with Crippen LogP contribution in [0, 0.1) is 11.8 Å². The molecular formula is C32H32N2O6. The van der Waals surface area contributed by atoms with Crippen molar-refractivity contribution in [2.75, 3.05) is 4.90 Å². The number of ether oxygens (including phenoxy) is 1. The molecule has 2 heterocycles. The molecule has 3 aromatic carbocycles. The van der Waals surface area contributed by atoms with Crippen LogP contribution in [0.5, 0.6) is 5.75 Å². The number of nitrogens with one attached hydrogen (secondary N) is 1. The predicted molar refractivity (Wildman–Crippen MR) is 149 cm³/mol. The van der Waals surface area contributed by atoms with Gasteiger partial charge in [-0.05, 0) is 47.2 Å². The number of benzene rings is 3. The number of aryl methyl sites for hydroxylation is 2. The Bertz CT molecular complexity index is 1450. The van der Waals surface area contributed by atoms with Crippen molar-refractivity contribution in [2.45, 2.75) is 51.6 Å². The number of carbonyl (C=O) groups is 4. The highest BCUT2D eigenvalue weighted by Crippen LogP contribution is 2.51. The Morgan fingerprint density at radius 1 is 0.900 bits per heavy atom. The molecule has 0 spiro atoms. The van der Waals surface area contributed by atoms with Crippen LogP contribution in [0.1, 0.15) is 49.1 Å². The SMILES string of the molecule is CCc1cccc(CC)c1N1C(=O)C2C(c3ccc(OC(C)=O)cc3)NC(Cc3ccccc3)(C(=O)O)C2C1=O. The highest BCUT2D eigenvalue weighted by molar-refractivity contribution is 6.25. The fourth-order valence-electron chi connectivity index (χ4n) is 6.27. The molecule has 0 saturated carbocycles. The third kappa shape index (κ3) is 4.48. The zero-order valence-electron chi connectivity index (χ0n) is 22.7. The molecule has 5 rings (SSSR count). The Kier molecular flexibility index (Phi) is 7.29. The van der Waals surface area contributed by atoms with Gasteiger partial charge in [0.2, 0.25) is 11.8 Å². The summed E-state index contributed by atoms with van der Waals surface area (Å²) in [6, 6.07) is 20.7. The first-order chi connectivity index (χ1) is 19.2. The molecule has 0 aliphatic carbocycles. The number of aliphatic carboxylic acids is 1. The first kappa shape index (κ1) is 27.3. The van der Waals surface area contributed by atoms with Gasteiger partial charge in [0.25, 0.3) is 0 Å². The first-order valence-corrected chi connectivity index (χ1v) is 13.5. The van der Waals surface area contributed by atoms with Gasteiger partial charge in [0.15, 0.2) is 0 Å². The fraction of sp³-hybridized carbons (Fsp3) is 0.312. The van der Waals surface area contributed by atoms with E-state index in [1.54, 1.807) is 24.3 Å². The van der Waals surface area contributed by atoms with Crippen LogP contribution in [0.15, 0.2) is 72.8 Å². The van der Waals surface area contributed by atoms with Crippen LogP contribution in [-0.2, 0) is 38.4 Å². The number of fused-ring (bicyclic) bond motifs is 1. The summed E-state index contributed by atoms with van der Waals surface area (Å²) in [6.45, 7) is 5.24. The van der Waals surface area contributed by atoms with Crippen LogP contribution in [0.4, 0.5) is 5.69 Å². The van der Waals surface area contributed by atoms with Crippen molar-refractivity contribution in [1.29, 1.82) is 0 Å². The van der Waals surface area contributed by atoms with Crippen LogP contribution in [-0.4, -0.2) is 34.4 Å². The molecule has 2 aliphatic rings. The number of para-hydroxylation sites is 1. The van der Waals surface area contributed by atoms with Crippen LogP contribution in [0.3, 0.4) is 0 Å². The molecule has 8 nitrogen and oxygen atoms in total. The second kappa shape index (κ2) is 10.7. The van der Waals surface area contributed by atoms with E-state index in [4.69, 9.17) is 4.74 Å². The maximum Gasteiger partial charge on any atom is 0.325 e. The third-order valence-electron chi connectivity index (χ3n) is 8.05. The zero-order chi connectivity index (χ0) is 28.6. The van der Waals surface area contributed by atoms with Gasteiger partial charge in [0.05, 0.1) is 17.5 Å². The van der Waals surface area contributed by atoms with E-state index in [0.29, 0.717) is 29.8 Å². The lowest BCUT2D eigenvalue weighted by molar-refractivity contribution is -0.148. The molecule has 2 amide bonds. The van der Waals surface area contributed by atoms with Crippen molar-refractivity contribution in [3.63, 3.8) is 0 Å². The number of hydrogen-bond donors (Lipinski definition) is 2. The van der Waals surface area contributed by atoms with Gasteiger partial charge in [-0.2, -0.15) is 0 Å². The molecule has 2 N–H and O–H groups in total. The lowest BCUT2D eigenvalue weighted by Gasteiger charge is -2.32. The maximum absolute atomic E-state index is 14.3. The van der Waals surface area contributed by atoms with E-state index in [1.807, 2.05) is 62.4 Å². The molecule has 0 bridgehead atoms. The maximum atomic E-state index is 14.3. The number of esters is 1. The van der Waals surface area contributed by atoms with Gasteiger partial charge >= 0.3 is 11.9 Å².